The van der Waals surface area contributed by atoms with Crippen molar-refractivity contribution >= 4 is 22.7 Å². The quantitative estimate of drug-likeness (QED) is 0.513. The number of pyridine rings is 1. The molecule has 0 saturated carbocycles. The van der Waals surface area contributed by atoms with Crippen molar-refractivity contribution in [2.24, 2.45) is 0 Å². The van der Waals surface area contributed by atoms with Gasteiger partial charge in [0, 0.05) is 28.5 Å². The number of H-pyrrole nitrogens is 2. The van der Waals surface area contributed by atoms with Crippen LogP contribution in [-0.2, 0) is 5.75 Å². The highest BCUT2D eigenvalue weighted by atomic mass is 32.2. The van der Waals surface area contributed by atoms with Crippen LogP contribution in [0.25, 0.3) is 22.3 Å². The average molecular weight is 376 g/mol. The minimum Gasteiger partial charge on any atom is -0.357 e. The largest absolute Gasteiger partial charge is 0.357 e. The highest BCUT2D eigenvalue weighted by molar-refractivity contribution is 7.98. The first-order chi connectivity index (χ1) is 13.0. The number of thioether (sulfide) groups is 1. The molecule has 0 fully saturated rings. The minimum absolute atomic E-state index is 0.0517. The van der Waals surface area contributed by atoms with Crippen molar-refractivity contribution in [1.29, 1.82) is 0 Å². The summed E-state index contributed by atoms with van der Waals surface area (Å²) in [5.74, 6) is 1.35. The Labute approximate surface area is 161 Å². The fraction of sp³-hybridized carbons (Fsp3) is 0.190. The van der Waals surface area contributed by atoms with Gasteiger partial charge in [-0.1, -0.05) is 53.7 Å². The average Bonchev–Trinajstić information content (AvgIpc) is 3.12. The summed E-state index contributed by atoms with van der Waals surface area (Å²) in [4.78, 5) is 20.5. The van der Waals surface area contributed by atoms with Crippen LogP contribution in [0, 0.1) is 20.8 Å². The van der Waals surface area contributed by atoms with Crippen molar-refractivity contribution in [2.75, 3.05) is 0 Å². The van der Waals surface area contributed by atoms with E-state index in [0.29, 0.717) is 10.9 Å². The maximum absolute atomic E-state index is 12.5. The summed E-state index contributed by atoms with van der Waals surface area (Å²) in [5, 5.41) is 8.69. The molecule has 136 valence electrons. The molecule has 4 aromatic rings. The van der Waals surface area contributed by atoms with Crippen LogP contribution in [0.5, 0.6) is 0 Å². The number of hydrogen-bond donors (Lipinski definition) is 2. The zero-order valence-electron chi connectivity index (χ0n) is 15.5. The molecule has 2 heterocycles. The first-order valence-corrected chi connectivity index (χ1v) is 9.74. The van der Waals surface area contributed by atoms with Crippen LogP contribution in [0.15, 0.2) is 52.4 Å². The lowest BCUT2D eigenvalue weighted by molar-refractivity contribution is 0.972. The van der Waals surface area contributed by atoms with Crippen molar-refractivity contribution in [3.05, 3.63) is 75.1 Å². The summed E-state index contributed by atoms with van der Waals surface area (Å²) in [6.45, 7) is 6.03. The fourth-order valence-corrected chi connectivity index (χ4v) is 3.79. The number of hydrogen-bond acceptors (Lipinski definition) is 4. The van der Waals surface area contributed by atoms with E-state index in [1.165, 1.54) is 17.3 Å². The Morgan fingerprint density at radius 2 is 1.74 bits per heavy atom. The maximum atomic E-state index is 12.5. The van der Waals surface area contributed by atoms with E-state index in [-0.39, 0.29) is 5.43 Å². The van der Waals surface area contributed by atoms with Gasteiger partial charge in [-0.2, -0.15) is 0 Å². The second-order valence-electron chi connectivity index (χ2n) is 6.73. The number of benzene rings is 2. The summed E-state index contributed by atoms with van der Waals surface area (Å²) in [5.41, 5.74) is 6.10. The number of aromatic amines is 2. The molecule has 6 heteroatoms. The van der Waals surface area contributed by atoms with Gasteiger partial charge in [0.05, 0.1) is 5.52 Å². The van der Waals surface area contributed by atoms with Crippen molar-refractivity contribution < 1.29 is 0 Å². The Bertz CT molecular complexity index is 1180. The highest BCUT2D eigenvalue weighted by Gasteiger charge is 2.10. The lowest BCUT2D eigenvalue weighted by atomic mass is 10.0. The normalized spacial score (nSPS) is 11.2. The van der Waals surface area contributed by atoms with E-state index in [2.05, 4.69) is 39.2 Å². The minimum atomic E-state index is 0.0517. The number of fused-ring (bicyclic) bond motifs is 1. The van der Waals surface area contributed by atoms with Gasteiger partial charge in [-0.25, -0.2) is 4.98 Å². The van der Waals surface area contributed by atoms with Crippen LogP contribution >= 0.6 is 11.8 Å². The number of nitrogens with zero attached hydrogens (tertiary/aromatic N) is 2. The molecule has 5 nitrogen and oxygen atoms in total. The third-order valence-corrected chi connectivity index (χ3v) is 5.50. The number of nitrogens with one attached hydrogen (secondary N) is 2. The van der Waals surface area contributed by atoms with Crippen LogP contribution in [-0.4, -0.2) is 20.2 Å². The van der Waals surface area contributed by atoms with Crippen LogP contribution in [0.4, 0.5) is 0 Å². The van der Waals surface area contributed by atoms with Crippen molar-refractivity contribution in [1.82, 2.24) is 20.2 Å². The topological polar surface area (TPSA) is 74.4 Å². The summed E-state index contributed by atoms with van der Waals surface area (Å²) in [6, 6.07) is 13.8. The monoisotopic (exact) mass is 376 g/mol. The molecule has 0 saturated heterocycles. The Morgan fingerprint density at radius 3 is 2.52 bits per heavy atom. The van der Waals surface area contributed by atoms with Gasteiger partial charge in [-0.3, -0.25) is 9.89 Å². The summed E-state index contributed by atoms with van der Waals surface area (Å²) >= 11 is 1.50. The molecule has 0 aliphatic heterocycles. The Hall–Kier alpha value is -2.86. The Kier molecular flexibility index (Phi) is 4.58. The van der Waals surface area contributed by atoms with E-state index in [9.17, 15) is 4.79 Å². The van der Waals surface area contributed by atoms with E-state index < -0.39 is 0 Å². The zero-order chi connectivity index (χ0) is 19.0. The van der Waals surface area contributed by atoms with Gasteiger partial charge >= 0.3 is 0 Å². The molecule has 0 unspecified atom stereocenters. The van der Waals surface area contributed by atoms with Crippen molar-refractivity contribution in [3.8, 4) is 11.4 Å². The fourth-order valence-electron chi connectivity index (χ4n) is 3.09. The van der Waals surface area contributed by atoms with Crippen molar-refractivity contribution in [2.45, 2.75) is 31.7 Å². The first kappa shape index (κ1) is 17.5. The Balaban J connectivity index is 1.57. The van der Waals surface area contributed by atoms with Gasteiger partial charge in [0.15, 0.2) is 11.3 Å². The van der Waals surface area contributed by atoms with Gasteiger partial charge in [-0.15, -0.1) is 5.10 Å². The van der Waals surface area contributed by atoms with Crippen LogP contribution < -0.4 is 5.43 Å². The van der Waals surface area contributed by atoms with Gasteiger partial charge in [0.25, 0.3) is 0 Å². The van der Waals surface area contributed by atoms with Gasteiger partial charge in [0.1, 0.15) is 0 Å². The zero-order valence-corrected chi connectivity index (χ0v) is 16.3. The molecule has 27 heavy (non-hydrogen) atoms. The lowest BCUT2D eigenvalue weighted by Gasteiger charge is -2.08. The summed E-state index contributed by atoms with van der Waals surface area (Å²) in [7, 11) is 0. The Morgan fingerprint density at radius 1 is 1.00 bits per heavy atom. The molecule has 4 rings (SSSR count). The van der Waals surface area contributed by atoms with E-state index in [4.69, 9.17) is 0 Å². The van der Waals surface area contributed by atoms with E-state index >= 15 is 0 Å². The molecule has 0 spiro atoms. The van der Waals surface area contributed by atoms with E-state index in [1.807, 2.05) is 38.1 Å². The first-order valence-electron chi connectivity index (χ1n) is 8.75. The maximum Gasteiger partial charge on any atom is 0.209 e. The molecular weight excluding hydrogens is 356 g/mol. The number of aryl methyl sites for hydroxylation is 3. The van der Waals surface area contributed by atoms with Gasteiger partial charge < -0.3 is 4.98 Å². The van der Waals surface area contributed by atoms with Crippen LogP contribution in [0.1, 0.15) is 22.4 Å². The summed E-state index contributed by atoms with van der Waals surface area (Å²) in [6.07, 6.45) is 0. The standard InChI is InChI=1S/C21H20N4OS/c1-12-4-8-15(9-5-12)20-23-21(25-24-20)27-11-16-10-17(26)18-13(2)6-7-14(3)19(18)22-16/h4-10H,11H2,1-3H3,(H,22,26)(H,23,24,25). The molecule has 0 radical (unpaired) electrons. The van der Waals surface area contributed by atoms with E-state index in [0.717, 1.165) is 39.1 Å². The van der Waals surface area contributed by atoms with Crippen LogP contribution in [0.2, 0.25) is 0 Å². The third-order valence-electron chi connectivity index (χ3n) is 4.61. The highest BCUT2D eigenvalue weighted by Crippen LogP contribution is 2.23. The van der Waals surface area contributed by atoms with E-state index in [1.54, 1.807) is 6.07 Å². The second kappa shape index (κ2) is 7.04. The molecule has 0 aliphatic rings. The number of aromatic nitrogens is 4. The molecule has 0 atom stereocenters. The second-order valence-corrected chi connectivity index (χ2v) is 7.67. The molecule has 0 bridgehead atoms. The van der Waals surface area contributed by atoms with Crippen LogP contribution in [0.3, 0.4) is 0 Å². The predicted molar refractivity (Wildman–Crippen MR) is 110 cm³/mol. The number of rotatable bonds is 4. The molecule has 2 N–H and O–H groups in total. The molecular formula is C21H20N4OS. The predicted octanol–water partition coefficient (Wildman–Crippen LogP) is 4.53. The smallest absolute Gasteiger partial charge is 0.209 e. The lowest BCUT2D eigenvalue weighted by Crippen LogP contribution is -2.07. The van der Waals surface area contributed by atoms with Gasteiger partial charge in [-0.05, 0) is 31.9 Å². The van der Waals surface area contributed by atoms with Crippen molar-refractivity contribution in [3.63, 3.8) is 0 Å². The molecule has 2 aromatic carbocycles. The third kappa shape index (κ3) is 3.53. The SMILES string of the molecule is Cc1ccc(-c2nc(SCc3cc(=O)c4c(C)ccc(C)c4[nH]3)n[nH]2)cc1. The van der Waals surface area contributed by atoms with Gasteiger partial charge in [0.2, 0.25) is 5.16 Å². The molecule has 0 aliphatic carbocycles. The summed E-state index contributed by atoms with van der Waals surface area (Å²) < 4.78 is 0. The molecule has 0 amide bonds. The molecule has 2 aromatic heterocycles.